The Balaban J connectivity index is 1.22. The van der Waals surface area contributed by atoms with E-state index in [4.69, 9.17) is 24.4 Å². The van der Waals surface area contributed by atoms with Gasteiger partial charge in [-0.2, -0.15) is 0 Å². The van der Waals surface area contributed by atoms with Gasteiger partial charge in [0.2, 0.25) is 17.1 Å². The number of methoxy groups -OCH3 is 2. The number of benzene rings is 2. The minimum absolute atomic E-state index is 0.0186. The Morgan fingerprint density at radius 1 is 1.00 bits per heavy atom. The first-order chi connectivity index (χ1) is 22.7. The van der Waals surface area contributed by atoms with E-state index in [1.54, 1.807) is 37.4 Å². The molecule has 4 aromatic rings. The van der Waals surface area contributed by atoms with Gasteiger partial charge in [-0.15, -0.1) is 0 Å². The Kier molecular flexibility index (Phi) is 9.35. The van der Waals surface area contributed by atoms with Crippen LogP contribution in [0, 0.1) is 5.92 Å². The van der Waals surface area contributed by atoms with Gasteiger partial charge in [0.15, 0.2) is 17.3 Å². The molecule has 2 aromatic carbocycles. The molecule has 11 nitrogen and oxygen atoms in total. The lowest BCUT2D eigenvalue weighted by Crippen LogP contribution is -2.46. The van der Waals surface area contributed by atoms with E-state index in [-0.39, 0.29) is 29.6 Å². The average molecular weight is 642 g/mol. The van der Waals surface area contributed by atoms with Gasteiger partial charge in [-0.3, -0.25) is 19.3 Å². The predicted octanol–water partition coefficient (Wildman–Crippen LogP) is 3.77. The maximum absolute atomic E-state index is 13.0. The quantitative estimate of drug-likeness (QED) is 0.236. The predicted molar refractivity (Wildman–Crippen MR) is 174 cm³/mol. The number of fused-ring (bicyclic) bond motifs is 4. The first kappa shape index (κ1) is 31.9. The molecule has 3 N–H and O–H groups in total. The van der Waals surface area contributed by atoms with Gasteiger partial charge in [0.05, 0.1) is 33.3 Å². The van der Waals surface area contributed by atoms with Crippen molar-refractivity contribution in [3.8, 4) is 23.0 Å². The minimum Gasteiger partial charge on any atom is -0.502 e. The van der Waals surface area contributed by atoms with Gasteiger partial charge < -0.3 is 34.0 Å². The number of carbonyl (C=O) groups excluding carboxylic acids is 1. The maximum Gasteiger partial charge on any atom is 0.250 e. The molecule has 4 heterocycles. The van der Waals surface area contributed by atoms with Crippen molar-refractivity contribution in [3.63, 3.8) is 0 Å². The third-order valence-corrected chi connectivity index (χ3v) is 9.05. The number of nitrogens with two attached hydrogens (primary N) is 1. The second-order valence-electron chi connectivity index (χ2n) is 12.3. The van der Waals surface area contributed by atoms with Gasteiger partial charge >= 0.3 is 0 Å². The summed E-state index contributed by atoms with van der Waals surface area (Å²) in [5.41, 5.74) is 7.74. The Bertz CT molecular complexity index is 1870. The van der Waals surface area contributed by atoms with Crippen molar-refractivity contribution in [2.24, 2.45) is 11.7 Å². The molecule has 2 aliphatic heterocycles. The number of primary amides is 1. The highest BCUT2D eigenvalue weighted by Gasteiger charge is 2.35. The van der Waals surface area contributed by atoms with E-state index < -0.39 is 23.0 Å². The third kappa shape index (κ3) is 7.05. The molecule has 2 aromatic heterocycles. The van der Waals surface area contributed by atoms with E-state index in [9.17, 15) is 19.5 Å². The number of carbonyl (C=O) groups is 1. The zero-order chi connectivity index (χ0) is 33.1. The number of amides is 1. The van der Waals surface area contributed by atoms with Gasteiger partial charge in [0.1, 0.15) is 11.5 Å². The van der Waals surface area contributed by atoms with Crippen molar-refractivity contribution in [1.82, 2.24) is 9.47 Å². The van der Waals surface area contributed by atoms with Crippen LogP contribution in [-0.2, 0) is 24.3 Å². The first-order valence-electron chi connectivity index (χ1n) is 15.7. The molecule has 0 saturated carbocycles. The maximum atomic E-state index is 13.0. The van der Waals surface area contributed by atoms with Crippen LogP contribution in [0.2, 0.25) is 0 Å². The summed E-state index contributed by atoms with van der Waals surface area (Å²) in [5, 5.41) is 10.9. The van der Waals surface area contributed by atoms with E-state index in [2.05, 4.69) is 4.90 Å². The van der Waals surface area contributed by atoms with Gasteiger partial charge in [0, 0.05) is 56.2 Å². The molecule has 1 saturated heterocycles. The number of aromatic hydroxyl groups is 1. The summed E-state index contributed by atoms with van der Waals surface area (Å²) in [5.74, 6) is 0.477. The fourth-order valence-electron chi connectivity index (χ4n) is 6.87. The molecular formula is C36H39N3O8. The fourth-order valence-corrected chi connectivity index (χ4v) is 6.87. The Hall–Kier alpha value is -5.03. The summed E-state index contributed by atoms with van der Waals surface area (Å²) >= 11 is 0. The van der Waals surface area contributed by atoms with Crippen LogP contribution in [0.5, 0.6) is 23.0 Å². The zero-order valence-electron chi connectivity index (χ0n) is 26.5. The second kappa shape index (κ2) is 13.8. The van der Waals surface area contributed by atoms with E-state index in [1.807, 2.05) is 34.9 Å². The zero-order valence-corrected chi connectivity index (χ0v) is 26.5. The second-order valence-corrected chi connectivity index (χ2v) is 12.3. The fraction of sp³-hybridized carbons (Fsp3) is 0.361. The number of ether oxygens (including phenoxy) is 3. The van der Waals surface area contributed by atoms with Crippen LogP contribution in [0.1, 0.15) is 53.0 Å². The highest BCUT2D eigenvalue weighted by Crippen LogP contribution is 2.39. The first-order valence-corrected chi connectivity index (χ1v) is 15.7. The van der Waals surface area contributed by atoms with Crippen LogP contribution in [0.25, 0.3) is 0 Å². The molecule has 3 atom stereocenters. The number of aromatic nitrogens is 1. The summed E-state index contributed by atoms with van der Waals surface area (Å²) in [7, 11) is 3.14. The normalized spacial score (nSPS) is 17.8. The molecule has 47 heavy (non-hydrogen) atoms. The molecule has 0 unspecified atom stereocenters. The summed E-state index contributed by atoms with van der Waals surface area (Å²) in [4.78, 5) is 39.9. The van der Waals surface area contributed by atoms with Crippen LogP contribution >= 0.6 is 0 Å². The molecule has 0 aliphatic carbocycles. The van der Waals surface area contributed by atoms with Gasteiger partial charge in [0.25, 0.3) is 5.56 Å². The summed E-state index contributed by atoms with van der Waals surface area (Å²) in [6, 6.07) is 19.6. The van der Waals surface area contributed by atoms with E-state index in [0.717, 1.165) is 30.0 Å². The van der Waals surface area contributed by atoms with Crippen LogP contribution in [0.4, 0.5) is 0 Å². The molecule has 6 rings (SSSR count). The Morgan fingerprint density at radius 2 is 1.81 bits per heavy atom. The lowest BCUT2D eigenvalue weighted by Gasteiger charge is -2.42. The molecule has 2 bridgehead atoms. The highest BCUT2D eigenvalue weighted by atomic mass is 16.5. The van der Waals surface area contributed by atoms with Crippen LogP contribution in [0.15, 0.2) is 80.7 Å². The lowest BCUT2D eigenvalue weighted by atomic mass is 9.83. The average Bonchev–Trinajstić information content (AvgIpc) is 3.06. The summed E-state index contributed by atoms with van der Waals surface area (Å²) in [6.07, 6.45) is 1.45. The topological polar surface area (TPSA) is 146 Å². The van der Waals surface area contributed by atoms with Gasteiger partial charge in [-0.25, -0.2) is 0 Å². The molecular weight excluding hydrogens is 602 g/mol. The van der Waals surface area contributed by atoms with Crippen molar-refractivity contribution in [3.05, 3.63) is 116 Å². The van der Waals surface area contributed by atoms with Crippen LogP contribution in [0.3, 0.4) is 0 Å². The number of pyridine rings is 1. The highest BCUT2D eigenvalue weighted by molar-refractivity contribution is 5.75. The Morgan fingerprint density at radius 3 is 2.55 bits per heavy atom. The Labute approximate surface area is 272 Å². The van der Waals surface area contributed by atoms with Crippen molar-refractivity contribution >= 4 is 5.91 Å². The number of hydrogen-bond acceptors (Lipinski definition) is 9. The summed E-state index contributed by atoms with van der Waals surface area (Å²) in [6.45, 7) is 2.81. The SMILES string of the molecule is COc1ccc(CCOc2ccc([C@@H](CC(N)=O)c3oc(CN4C[C@H]5C[C@@H](C4)c4cccc(=O)n4C5)cc(=O)c3O)cc2OC)cc1. The number of nitrogens with zero attached hydrogens (tertiary/aromatic N) is 2. The van der Waals surface area contributed by atoms with E-state index >= 15 is 0 Å². The van der Waals surface area contributed by atoms with E-state index in [0.29, 0.717) is 55.5 Å². The summed E-state index contributed by atoms with van der Waals surface area (Å²) < 4.78 is 24.9. The molecule has 1 amide bonds. The molecule has 246 valence electrons. The van der Waals surface area contributed by atoms with Crippen molar-refractivity contribution in [2.45, 2.75) is 44.2 Å². The van der Waals surface area contributed by atoms with Gasteiger partial charge in [-0.1, -0.05) is 24.3 Å². The largest absolute Gasteiger partial charge is 0.502 e. The smallest absolute Gasteiger partial charge is 0.250 e. The lowest BCUT2D eigenvalue weighted by molar-refractivity contribution is -0.118. The molecule has 11 heteroatoms. The van der Waals surface area contributed by atoms with Crippen LogP contribution < -0.4 is 30.9 Å². The van der Waals surface area contributed by atoms with Crippen molar-refractivity contribution in [1.29, 1.82) is 0 Å². The molecule has 2 aliphatic rings. The van der Waals surface area contributed by atoms with Gasteiger partial charge in [-0.05, 0) is 53.8 Å². The molecule has 0 spiro atoms. The monoisotopic (exact) mass is 641 g/mol. The van der Waals surface area contributed by atoms with Crippen molar-refractivity contribution in [2.75, 3.05) is 33.9 Å². The minimum atomic E-state index is -0.845. The standard InChI is InChI=1S/C36H39N3O8/c1-44-26-9-6-22(7-10-26)12-13-46-31-11-8-24(15-32(31)45-2)28(17-33(37)41)36-35(43)30(40)16-27(47-36)21-38-18-23-14-25(20-38)29-4-3-5-34(42)39(29)19-23/h3-11,15-16,23,25,28,43H,12-14,17-21H2,1-2H3,(H2,37,41)/t23-,25+,28-/m1/s1. The van der Waals surface area contributed by atoms with Crippen molar-refractivity contribution < 1.29 is 28.5 Å². The molecule has 1 fully saturated rings. The number of hydrogen-bond donors (Lipinski definition) is 2. The number of likely N-dealkylation sites (tertiary alicyclic amines) is 1. The van der Waals surface area contributed by atoms with E-state index in [1.165, 1.54) is 13.2 Å². The number of piperidine rings is 1. The number of rotatable bonds is 12. The van der Waals surface area contributed by atoms with Crippen LogP contribution in [-0.4, -0.2) is 54.4 Å². The molecule has 0 radical (unpaired) electrons. The third-order valence-electron chi connectivity index (χ3n) is 9.05.